The van der Waals surface area contributed by atoms with E-state index in [4.69, 9.17) is 0 Å². The lowest BCUT2D eigenvalue weighted by Gasteiger charge is -2.06. The molecule has 2 aromatic heterocycles. The summed E-state index contributed by atoms with van der Waals surface area (Å²) in [7, 11) is 1.83. The number of nitrogens with zero attached hydrogens (tertiary/aromatic N) is 2. The molecule has 1 radical (unpaired) electrons. The average Bonchev–Trinajstić information content (AvgIpc) is 3.45. The molecular weight excluding hydrogens is 421 g/mol. The molecule has 0 bridgehead atoms. The molecule has 0 aliphatic rings. The summed E-state index contributed by atoms with van der Waals surface area (Å²) in [6, 6.07) is 9.72. The van der Waals surface area contributed by atoms with Gasteiger partial charge in [0, 0.05) is 29.0 Å². The van der Waals surface area contributed by atoms with Crippen molar-refractivity contribution in [1.29, 1.82) is 0 Å². The van der Waals surface area contributed by atoms with Gasteiger partial charge in [0.2, 0.25) is 13.3 Å². The van der Waals surface area contributed by atoms with E-state index in [1.165, 1.54) is 11.3 Å². The van der Waals surface area contributed by atoms with Gasteiger partial charge >= 0.3 is 0 Å². The predicted molar refractivity (Wildman–Crippen MR) is 132 cm³/mol. The van der Waals surface area contributed by atoms with E-state index in [2.05, 4.69) is 27.5 Å². The van der Waals surface area contributed by atoms with Gasteiger partial charge in [0.1, 0.15) is 0 Å². The molecular formula is C23H25BN5O2S. The van der Waals surface area contributed by atoms with Crippen LogP contribution in [0, 0.1) is 0 Å². The predicted octanol–water partition coefficient (Wildman–Crippen LogP) is 3.98. The monoisotopic (exact) mass is 446 g/mol. The summed E-state index contributed by atoms with van der Waals surface area (Å²) in [5.41, 5.74) is 5.22. The van der Waals surface area contributed by atoms with E-state index in [-0.39, 0.29) is 18.4 Å². The van der Waals surface area contributed by atoms with Crippen LogP contribution in [-0.2, 0) is 4.79 Å². The van der Waals surface area contributed by atoms with Gasteiger partial charge in [0.25, 0.3) is 5.91 Å². The van der Waals surface area contributed by atoms with E-state index in [1.807, 2.05) is 63.9 Å². The van der Waals surface area contributed by atoms with Gasteiger partial charge in [0.05, 0.1) is 17.8 Å². The van der Waals surface area contributed by atoms with Crippen molar-refractivity contribution < 1.29 is 9.59 Å². The molecule has 0 unspecified atom stereocenters. The van der Waals surface area contributed by atoms with Crippen molar-refractivity contribution in [2.24, 2.45) is 0 Å². The molecule has 0 spiro atoms. The Kier molecular flexibility index (Phi) is 7.67. The Balaban J connectivity index is 1.59. The third-order valence-corrected chi connectivity index (χ3v) is 5.34. The first kappa shape index (κ1) is 23.1. The molecule has 0 fully saturated rings. The maximum Gasteiger partial charge on any atom is 0.253 e. The Bertz CT molecular complexity index is 1160. The minimum atomic E-state index is -0.334. The van der Waals surface area contributed by atoms with Gasteiger partial charge in [-0.1, -0.05) is 31.6 Å². The van der Waals surface area contributed by atoms with E-state index in [9.17, 15) is 9.59 Å². The van der Waals surface area contributed by atoms with E-state index in [0.29, 0.717) is 10.7 Å². The van der Waals surface area contributed by atoms with Crippen molar-refractivity contribution >= 4 is 41.3 Å². The van der Waals surface area contributed by atoms with Crippen LogP contribution in [0.3, 0.4) is 0 Å². The van der Waals surface area contributed by atoms with Gasteiger partial charge in [-0.15, -0.1) is 11.3 Å². The number of thiazole rings is 1. The molecule has 163 valence electrons. The number of hydrogen-bond acceptors (Lipinski definition) is 5. The Labute approximate surface area is 192 Å². The van der Waals surface area contributed by atoms with Gasteiger partial charge in [-0.25, -0.2) is 4.98 Å². The highest BCUT2D eigenvalue weighted by molar-refractivity contribution is 7.14. The Hall–Kier alpha value is -3.59. The van der Waals surface area contributed by atoms with Gasteiger partial charge in [-0.2, -0.15) is 0 Å². The van der Waals surface area contributed by atoms with Crippen LogP contribution in [0.2, 0.25) is 6.82 Å². The van der Waals surface area contributed by atoms with Crippen molar-refractivity contribution in [3.05, 3.63) is 77.7 Å². The van der Waals surface area contributed by atoms with Crippen molar-refractivity contribution in [2.45, 2.75) is 20.7 Å². The van der Waals surface area contributed by atoms with Crippen LogP contribution in [0.4, 0.5) is 5.13 Å². The van der Waals surface area contributed by atoms with Crippen molar-refractivity contribution in [1.82, 2.24) is 20.1 Å². The molecule has 7 nitrogen and oxygen atoms in total. The minimum absolute atomic E-state index is 0.135. The van der Waals surface area contributed by atoms with Crippen molar-refractivity contribution in [3.8, 4) is 11.3 Å². The standard InChI is InChI=1S/C23H25BN5O2S/c1-15(2)25-11-16(3)17-6-5-7-18(10-17)20-14-32-23(27-20)28-21(30)12-26-22(31)19-8-9-29(13-19)24-4/h5-11,13-14,25H,1,12H2,2-4H3,(H,26,31)(H,27,28,30)/b16-11+. The molecule has 2 heterocycles. The summed E-state index contributed by atoms with van der Waals surface area (Å²) in [4.78, 5) is 28.9. The maximum absolute atomic E-state index is 12.2. The van der Waals surface area contributed by atoms with E-state index < -0.39 is 0 Å². The lowest BCUT2D eigenvalue weighted by molar-refractivity contribution is -0.115. The normalized spacial score (nSPS) is 11.0. The van der Waals surface area contributed by atoms with E-state index >= 15 is 0 Å². The number of aromatic nitrogens is 2. The molecule has 2 amide bonds. The smallest absolute Gasteiger partial charge is 0.253 e. The SMILES string of the molecule is C=C(C)N/C=C(\C)c1cccc(-c2csc(NC(=O)CNC(=O)c3ccn([B]C)c3)n2)c1. The number of anilines is 1. The number of benzene rings is 1. The molecule has 3 aromatic rings. The Morgan fingerprint density at radius 2 is 2.06 bits per heavy atom. The molecule has 0 aliphatic carbocycles. The lowest BCUT2D eigenvalue weighted by atomic mass is 10.0. The number of carbonyl (C=O) groups excluding carboxylic acids is 2. The van der Waals surface area contributed by atoms with Crippen LogP contribution < -0.4 is 16.0 Å². The van der Waals surface area contributed by atoms with Gasteiger partial charge in [-0.05, 0) is 43.3 Å². The number of carbonyl (C=O) groups is 2. The van der Waals surface area contributed by atoms with Crippen LogP contribution in [0.25, 0.3) is 16.8 Å². The van der Waals surface area contributed by atoms with Crippen LogP contribution in [0.5, 0.6) is 0 Å². The maximum atomic E-state index is 12.2. The molecule has 0 saturated carbocycles. The second kappa shape index (κ2) is 10.6. The molecule has 3 N–H and O–H groups in total. The zero-order chi connectivity index (χ0) is 23.1. The van der Waals surface area contributed by atoms with Crippen LogP contribution in [-0.4, -0.2) is 35.2 Å². The molecule has 32 heavy (non-hydrogen) atoms. The molecule has 3 rings (SSSR count). The highest BCUT2D eigenvalue weighted by atomic mass is 32.1. The van der Waals surface area contributed by atoms with Crippen LogP contribution >= 0.6 is 11.3 Å². The fraction of sp³-hybridized carbons (Fsp3) is 0.174. The first-order chi connectivity index (χ1) is 15.4. The zero-order valence-corrected chi connectivity index (χ0v) is 19.1. The highest BCUT2D eigenvalue weighted by Gasteiger charge is 2.12. The number of rotatable bonds is 9. The summed E-state index contributed by atoms with van der Waals surface area (Å²) in [5, 5.41) is 10.8. The topological polar surface area (TPSA) is 88.0 Å². The van der Waals surface area contributed by atoms with E-state index in [1.54, 1.807) is 22.9 Å². The highest BCUT2D eigenvalue weighted by Crippen LogP contribution is 2.27. The molecule has 9 heteroatoms. The molecule has 0 atom stereocenters. The van der Waals surface area contributed by atoms with Crippen LogP contribution in [0.1, 0.15) is 29.8 Å². The quantitative estimate of drug-likeness (QED) is 0.434. The van der Waals surface area contributed by atoms with Gasteiger partial charge < -0.3 is 20.4 Å². The van der Waals surface area contributed by atoms with Crippen molar-refractivity contribution in [2.75, 3.05) is 11.9 Å². The first-order valence-corrected chi connectivity index (χ1v) is 10.9. The summed E-state index contributed by atoms with van der Waals surface area (Å²) in [6.45, 7) is 9.48. The number of nitrogens with one attached hydrogen (secondary N) is 3. The average molecular weight is 446 g/mol. The van der Waals surface area contributed by atoms with Crippen molar-refractivity contribution in [3.63, 3.8) is 0 Å². The lowest BCUT2D eigenvalue weighted by Crippen LogP contribution is -2.32. The Morgan fingerprint density at radius 1 is 1.25 bits per heavy atom. The first-order valence-electron chi connectivity index (χ1n) is 10.1. The van der Waals surface area contributed by atoms with Crippen LogP contribution in [0.15, 0.2) is 66.6 Å². The minimum Gasteiger partial charge on any atom is -0.402 e. The Morgan fingerprint density at radius 3 is 2.78 bits per heavy atom. The fourth-order valence-electron chi connectivity index (χ4n) is 2.84. The molecule has 1 aromatic carbocycles. The largest absolute Gasteiger partial charge is 0.402 e. The molecule has 0 aliphatic heterocycles. The summed E-state index contributed by atoms with van der Waals surface area (Å²) < 4.78 is 1.77. The fourth-order valence-corrected chi connectivity index (χ4v) is 3.57. The second-order valence-electron chi connectivity index (χ2n) is 7.21. The summed E-state index contributed by atoms with van der Waals surface area (Å²) in [6.07, 6.45) is 5.38. The third-order valence-electron chi connectivity index (χ3n) is 4.58. The van der Waals surface area contributed by atoms with Gasteiger partial charge in [0.15, 0.2) is 5.13 Å². The summed E-state index contributed by atoms with van der Waals surface area (Å²) >= 11 is 1.34. The summed E-state index contributed by atoms with van der Waals surface area (Å²) in [5.74, 6) is -0.638. The third kappa shape index (κ3) is 6.21. The number of allylic oxidation sites excluding steroid dienone is 2. The zero-order valence-electron chi connectivity index (χ0n) is 18.3. The number of hydrogen-bond donors (Lipinski definition) is 3. The number of amides is 2. The second-order valence-corrected chi connectivity index (χ2v) is 8.07. The van der Waals surface area contributed by atoms with Gasteiger partial charge in [-0.3, -0.25) is 9.59 Å². The molecule has 0 saturated heterocycles. The van der Waals surface area contributed by atoms with E-state index in [0.717, 1.165) is 28.1 Å².